The van der Waals surface area contributed by atoms with Crippen molar-refractivity contribution in [2.75, 3.05) is 0 Å². The number of fused-ring (bicyclic) bond motifs is 1. The van der Waals surface area contributed by atoms with E-state index < -0.39 is 0 Å². The Hall–Kier alpha value is -1.29. The number of aromatic nitrogens is 1. The van der Waals surface area contributed by atoms with Crippen molar-refractivity contribution >= 4 is 33.8 Å². The second kappa shape index (κ2) is 6.00. The van der Waals surface area contributed by atoms with E-state index in [1.54, 1.807) is 11.3 Å². The predicted molar refractivity (Wildman–Crippen MR) is 87.6 cm³/mol. The normalized spacial score (nSPS) is 12.9. The summed E-state index contributed by atoms with van der Waals surface area (Å²) < 4.78 is 0. The van der Waals surface area contributed by atoms with Crippen molar-refractivity contribution in [3.63, 3.8) is 0 Å². The molecule has 0 aliphatic heterocycles. The summed E-state index contributed by atoms with van der Waals surface area (Å²) in [5, 5.41) is 9.78. The number of halogens is 1. The third kappa shape index (κ3) is 2.90. The number of hydrogen-bond donors (Lipinski definition) is 2. The minimum absolute atomic E-state index is 0.423. The number of rotatable bonds is 5. The fraction of sp³-hybridized carbons (Fsp3) is 0.250. The molecule has 3 rings (SSSR count). The third-order valence-electron chi connectivity index (χ3n) is 3.46. The maximum atomic E-state index is 6.41. The van der Waals surface area contributed by atoms with Gasteiger partial charge in [0, 0.05) is 29.2 Å². The first kappa shape index (κ1) is 13.7. The number of hydrogen-bond acceptors (Lipinski definition) is 2. The molecule has 0 amide bonds. The van der Waals surface area contributed by atoms with Crippen molar-refractivity contribution in [2.45, 2.75) is 25.9 Å². The average Bonchev–Trinajstić information content (AvgIpc) is 3.06. The van der Waals surface area contributed by atoms with E-state index in [-0.39, 0.29) is 0 Å². The molecule has 0 spiro atoms. The Labute approximate surface area is 127 Å². The highest BCUT2D eigenvalue weighted by Crippen LogP contribution is 2.27. The Bertz CT molecular complexity index is 688. The van der Waals surface area contributed by atoms with E-state index in [2.05, 4.69) is 40.1 Å². The Morgan fingerprint density at radius 1 is 1.30 bits per heavy atom. The van der Waals surface area contributed by atoms with Crippen molar-refractivity contribution < 1.29 is 0 Å². The number of H-pyrrole nitrogens is 1. The second-order valence-corrected chi connectivity index (χ2v) is 6.24. The summed E-state index contributed by atoms with van der Waals surface area (Å²) in [5.74, 6) is 0. The van der Waals surface area contributed by atoms with Gasteiger partial charge in [0.05, 0.1) is 5.02 Å². The van der Waals surface area contributed by atoms with Gasteiger partial charge < -0.3 is 10.3 Å². The molecule has 0 bridgehead atoms. The van der Waals surface area contributed by atoms with Crippen molar-refractivity contribution in [3.8, 4) is 0 Å². The SMILES string of the molecule is CC(Cc1ccsc1)NCc1[nH]c2ccccc2c1Cl. The van der Waals surface area contributed by atoms with Gasteiger partial charge in [-0.2, -0.15) is 11.3 Å². The van der Waals surface area contributed by atoms with Gasteiger partial charge in [0.25, 0.3) is 0 Å². The number of para-hydroxylation sites is 1. The molecule has 104 valence electrons. The summed E-state index contributed by atoms with van der Waals surface area (Å²) in [5.41, 5.74) is 3.54. The second-order valence-electron chi connectivity index (χ2n) is 5.08. The largest absolute Gasteiger partial charge is 0.356 e. The fourth-order valence-corrected chi connectivity index (χ4v) is 3.36. The van der Waals surface area contributed by atoms with Gasteiger partial charge in [-0.3, -0.25) is 0 Å². The third-order valence-corrected chi connectivity index (χ3v) is 4.63. The van der Waals surface area contributed by atoms with Crippen LogP contribution in [-0.2, 0) is 13.0 Å². The zero-order valence-corrected chi connectivity index (χ0v) is 12.9. The van der Waals surface area contributed by atoms with E-state index in [1.165, 1.54) is 5.56 Å². The lowest BCUT2D eigenvalue weighted by Gasteiger charge is -2.12. The van der Waals surface area contributed by atoms with Crippen LogP contribution in [0.3, 0.4) is 0 Å². The van der Waals surface area contributed by atoms with Gasteiger partial charge in [0.15, 0.2) is 0 Å². The zero-order chi connectivity index (χ0) is 13.9. The maximum Gasteiger partial charge on any atom is 0.0705 e. The van der Waals surface area contributed by atoms with Gasteiger partial charge in [-0.1, -0.05) is 29.8 Å². The van der Waals surface area contributed by atoms with E-state index in [0.717, 1.165) is 34.6 Å². The fourth-order valence-electron chi connectivity index (χ4n) is 2.40. The number of nitrogens with one attached hydrogen (secondary N) is 2. The van der Waals surface area contributed by atoms with Crippen molar-refractivity contribution in [1.29, 1.82) is 0 Å². The Kier molecular flexibility index (Phi) is 4.10. The highest BCUT2D eigenvalue weighted by atomic mass is 35.5. The molecular formula is C16H17ClN2S. The van der Waals surface area contributed by atoms with Crippen LogP contribution in [0.1, 0.15) is 18.2 Å². The smallest absolute Gasteiger partial charge is 0.0705 e. The first-order valence-corrected chi connectivity index (χ1v) is 8.05. The molecule has 0 radical (unpaired) electrons. The monoisotopic (exact) mass is 304 g/mol. The van der Waals surface area contributed by atoms with Crippen molar-refractivity contribution in [1.82, 2.24) is 10.3 Å². The number of aromatic amines is 1. The zero-order valence-electron chi connectivity index (χ0n) is 11.3. The number of benzene rings is 1. The van der Waals surface area contributed by atoms with Crippen LogP contribution in [0.4, 0.5) is 0 Å². The maximum absolute atomic E-state index is 6.41. The molecule has 2 heterocycles. The van der Waals surface area contributed by atoms with Crippen LogP contribution in [0.2, 0.25) is 5.02 Å². The molecular weight excluding hydrogens is 288 g/mol. The minimum atomic E-state index is 0.423. The van der Waals surface area contributed by atoms with Gasteiger partial charge in [-0.15, -0.1) is 0 Å². The lowest BCUT2D eigenvalue weighted by atomic mass is 10.1. The van der Waals surface area contributed by atoms with Gasteiger partial charge in [-0.05, 0) is 41.8 Å². The van der Waals surface area contributed by atoms with Crippen LogP contribution in [0, 0.1) is 0 Å². The number of thiophene rings is 1. The highest BCUT2D eigenvalue weighted by Gasteiger charge is 2.10. The summed E-state index contributed by atoms with van der Waals surface area (Å²) in [6.07, 6.45) is 1.04. The molecule has 1 aromatic carbocycles. The Morgan fingerprint density at radius 2 is 2.15 bits per heavy atom. The molecule has 0 saturated carbocycles. The van der Waals surface area contributed by atoms with E-state index >= 15 is 0 Å². The van der Waals surface area contributed by atoms with Gasteiger partial charge in [0.2, 0.25) is 0 Å². The molecule has 2 N–H and O–H groups in total. The molecule has 0 aliphatic carbocycles. The quantitative estimate of drug-likeness (QED) is 0.708. The Balaban J connectivity index is 1.66. The molecule has 0 saturated heterocycles. The van der Waals surface area contributed by atoms with E-state index in [0.29, 0.717) is 6.04 Å². The molecule has 3 aromatic rings. The summed E-state index contributed by atoms with van der Waals surface area (Å²) >= 11 is 8.16. The van der Waals surface area contributed by atoms with Crippen LogP contribution >= 0.6 is 22.9 Å². The standard InChI is InChI=1S/C16H17ClN2S/c1-11(8-12-6-7-20-10-12)18-9-15-16(17)13-4-2-3-5-14(13)19-15/h2-7,10-11,18-19H,8-9H2,1H3. The lowest BCUT2D eigenvalue weighted by molar-refractivity contribution is 0.542. The van der Waals surface area contributed by atoms with Crippen LogP contribution in [-0.4, -0.2) is 11.0 Å². The molecule has 2 nitrogen and oxygen atoms in total. The topological polar surface area (TPSA) is 27.8 Å². The molecule has 2 aromatic heterocycles. The van der Waals surface area contributed by atoms with Crippen LogP contribution in [0.15, 0.2) is 41.1 Å². The van der Waals surface area contributed by atoms with Crippen LogP contribution in [0.5, 0.6) is 0 Å². The molecule has 4 heteroatoms. The van der Waals surface area contributed by atoms with E-state index in [1.807, 2.05) is 18.2 Å². The summed E-state index contributed by atoms with van der Waals surface area (Å²) in [6.45, 7) is 2.97. The van der Waals surface area contributed by atoms with Crippen LogP contribution in [0.25, 0.3) is 10.9 Å². The van der Waals surface area contributed by atoms with E-state index in [9.17, 15) is 0 Å². The molecule has 0 aliphatic rings. The van der Waals surface area contributed by atoms with Gasteiger partial charge in [-0.25, -0.2) is 0 Å². The van der Waals surface area contributed by atoms with Gasteiger partial charge in [0.1, 0.15) is 0 Å². The first-order chi connectivity index (χ1) is 9.74. The molecule has 20 heavy (non-hydrogen) atoms. The van der Waals surface area contributed by atoms with E-state index in [4.69, 9.17) is 11.6 Å². The molecule has 1 unspecified atom stereocenters. The lowest BCUT2D eigenvalue weighted by Crippen LogP contribution is -2.27. The van der Waals surface area contributed by atoms with Crippen LogP contribution < -0.4 is 5.32 Å². The first-order valence-electron chi connectivity index (χ1n) is 6.73. The van der Waals surface area contributed by atoms with Crippen molar-refractivity contribution in [2.24, 2.45) is 0 Å². The molecule has 0 fully saturated rings. The van der Waals surface area contributed by atoms with Crippen molar-refractivity contribution in [3.05, 3.63) is 57.4 Å². The predicted octanol–water partition coefficient (Wildman–Crippen LogP) is 4.60. The minimum Gasteiger partial charge on any atom is -0.356 e. The highest BCUT2D eigenvalue weighted by molar-refractivity contribution is 7.07. The van der Waals surface area contributed by atoms with Gasteiger partial charge >= 0.3 is 0 Å². The Morgan fingerprint density at radius 3 is 2.90 bits per heavy atom. The summed E-state index contributed by atoms with van der Waals surface area (Å²) in [6, 6.07) is 10.7. The molecule has 1 atom stereocenters. The summed E-state index contributed by atoms with van der Waals surface area (Å²) in [7, 11) is 0. The average molecular weight is 305 g/mol. The summed E-state index contributed by atoms with van der Waals surface area (Å²) in [4.78, 5) is 3.39.